The van der Waals surface area contributed by atoms with Gasteiger partial charge >= 0.3 is 0 Å². The van der Waals surface area contributed by atoms with Gasteiger partial charge in [-0.3, -0.25) is 4.98 Å². The number of ether oxygens (including phenoxy) is 3. The number of halogens is 2. The Bertz CT molecular complexity index is 1720. The van der Waals surface area contributed by atoms with Crippen molar-refractivity contribution >= 4 is 23.2 Å². The number of aromatic nitrogens is 1. The molecule has 1 aliphatic carbocycles. The van der Waals surface area contributed by atoms with Gasteiger partial charge in [0.05, 0.1) is 28.8 Å². The molecule has 232 valence electrons. The molecule has 2 aliphatic rings. The van der Waals surface area contributed by atoms with Crippen molar-refractivity contribution in [2.45, 2.75) is 45.0 Å². The standard InChI is InChI=1S/C36H35Cl2N3O4/c1-41-12-4-5-23(19-41)21-43-33-9-3-8-30(36(33)38)27-6-2-7-29-28(27)10-11-32(29)45-35-15-34(26(20-42)14-31(35)37)44-22-25-13-24(16-39)17-40-18-25/h2-3,6-9,13-15,17-18,23,32,42H,4-5,10-12,19-22H2,1H3/t23?,32-/m0/s1. The SMILES string of the molecule is CN1CCCC(COc2cccc(-c3cccc4c3CC[C@@H]4Oc3cc(OCc4cncc(C#N)c4)c(CO)cc3Cl)c2Cl)C1. The number of hydrogen-bond donors (Lipinski definition) is 1. The maximum Gasteiger partial charge on any atom is 0.142 e. The van der Waals surface area contributed by atoms with Crippen LogP contribution in [-0.2, 0) is 19.6 Å². The van der Waals surface area contributed by atoms with Crippen molar-refractivity contribution in [1.29, 1.82) is 5.26 Å². The third kappa shape index (κ3) is 7.05. The van der Waals surface area contributed by atoms with Crippen LogP contribution in [0.1, 0.15) is 53.2 Å². The summed E-state index contributed by atoms with van der Waals surface area (Å²) in [6, 6.07) is 19.4. The fourth-order valence-corrected chi connectivity index (χ4v) is 6.82. The Morgan fingerprint density at radius 3 is 2.67 bits per heavy atom. The maximum atomic E-state index is 9.96. The average Bonchev–Trinajstić information content (AvgIpc) is 3.47. The molecular formula is C36H35Cl2N3O4. The number of aliphatic hydroxyl groups is 1. The second-order valence-electron chi connectivity index (χ2n) is 11.7. The van der Waals surface area contributed by atoms with E-state index in [2.05, 4.69) is 35.1 Å². The number of hydrogen-bond acceptors (Lipinski definition) is 7. The predicted molar refractivity (Wildman–Crippen MR) is 175 cm³/mol. The number of benzene rings is 3. The van der Waals surface area contributed by atoms with Crippen molar-refractivity contribution in [1.82, 2.24) is 9.88 Å². The summed E-state index contributed by atoms with van der Waals surface area (Å²) in [4.78, 5) is 6.45. The molecule has 2 heterocycles. The first kappa shape index (κ1) is 31.2. The van der Waals surface area contributed by atoms with E-state index >= 15 is 0 Å². The first-order chi connectivity index (χ1) is 21.9. The first-order valence-corrected chi connectivity index (χ1v) is 16.0. The lowest BCUT2D eigenvalue weighted by molar-refractivity contribution is 0.150. The Morgan fingerprint density at radius 1 is 1.00 bits per heavy atom. The highest BCUT2D eigenvalue weighted by atomic mass is 35.5. The van der Waals surface area contributed by atoms with E-state index in [9.17, 15) is 10.4 Å². The molecule has 4 aromatic rings. The van der Waals surface area contributed by atoms with E-state index in [4.69, 9.17) is 37.4 Å². The summed E-state index contributed by atoms with van der Waals surface area (Å²) in [5.74, 6) is 2.13. The van der Waals surface area contributed by atoms with Gasteiger partial charge in [0.15, 0.2) is 0 Å². The number of fused-ring (bicyclic) bond motifs is 1. The van der Waals surface area contributed by atoms with E-state index in [1.165, 1.54) is 24.6 Å². The Morgan fingerprint density at radius 2 is 1.84 bits per heavy atom. The summed E-state index contributed by atoms with van der Waals surface area (Å²) in [6.45, 7) is 2.76. The van der Waals surface area contributed by atoms with Crippen LogP contribution >= 0.6 is 23.2 Å². The molecule has 1 N–H and O–H groups in total. The molecule has 1 aromatic heterocycles. The number of likely N-dealkylation sites (tertiary alicyclic amines) is 1. The minimum Gasteiger partial charge on any atom is -0.492 e. The van der Waals surface area contributed by atoms with Gasteiger partial charge in [-0.05, 0) is 74.2 Å². The summed E-state index contributed by atoms with van der Waals surface area (Å²) in [5.41, 5.74) is 6.03. The van der Waals surface area contributed by atoms with Gasteiger partial charge in [0.25, 0.3) is 0 Å². The number of pyridine rings is 1. The second-order valence-corrected chi connectivity index (χ2v) is 12.5. The Labute approximate surface area is 273 Å². The normalized spacial score (nSPS) is 17.8. The molecule has 9 heteroatoms. The molecule has 0 spiro atoms. The highest BCUT2D eigenvalue weighted by Crippen LogP contribution is 2.45. The van der Waals surface area contributed by atoms with Gasteiger partial charge < -0.3 is 24.2 Å². The number of nitrogens with zero attached hydrogens (tertiary/aromatic N) is 3. The third-order valence-electron chi connectivity index (χ3n) is 8.54. The van der Waals surface area contributed by atoms with Crippen LogP contribution in [0.4, 0.5) is 0 Å². The van der Waals surface area contributed by atoms with Gasteiger partial charge in [0.1, 0.15) is 36.0 Å². The number of aliphatic hydroxyl groups excluding tert-OH is 1. The number of piperidine rings is 1. The Kier molecular flexibility index (Phi) is 9.77. The lowest BCUT2D eigenvalue weighted by Crippen LogP contribution is -2.34. The van der Waals surface area contributed by atoms with E-state index in [1.807, 2.05) is 24.3 Å². The van der Waals surface area contributed by atoms with Gasteiger partial charge in [0, 0.05) is 47.6 Å². The van der Waals surface area contributed by atoms with Crippen molar-refractivity contribution in [2.24, 2.45) is 5.92 Å². The van der Waals surface area contributed by atoms with E-state index in [1.54, 1.807) is 24.4 Å². The number of rotatable bonds is 10. The van der Waals surface area contributed by atoms with E-state index in [-0.39, 0.29) is 19.3 Å². The molecule has 1 unspecified atom stereocenters. The molecule has 7 nitrogen and oxygen atoms in total. The van der Waals surface area contributed by atoms with Crippen LogP contribution in [0.5, 0.6) is 17.2 Å². The zero-order valence-electron chi connectivity index (χ0n) is 25.1. The van der Waals surface area contributed by atoms with Crippen LogP contribution in [0.3, 0.4) is 0 Å². The lowest BCUT2D eigenvalue weighted by atomic mass is 9.96. The van der Waals surface area contributed by atoms with Crippen LogP contribution in [-0.4, -0.2) is 41.7 Å². The molecule has 1 aliphatic heterocycles. The van der Waals surface area contributed by atoms with Crippen LogP contribution < -0.4 is 14.2 Å². The van der Waals surface area contributed by atoms with Crippen LogP contribution in [0, 0.1) is 17.2 Å². The summed E-state index contributed by atoms with van der Waals surface area (Å²) in [5, 5.41) is 20.2. The third-order valence-corrected chi connectivity index (χ3v) is 9.22. The molecule has 3 aromatic carbocycles. The van der Waals surface area contributed by atoms with Gasteiger partial charge in [-0.2, -0.15) is 5.26 Å². The molecule has 1 saturated heterocycles. The fraction of sp³-hybridized carbons (Fsp3) is 0.333. The molecular weight excluding hydrogens is 609 g/mol. The zero-order chi connectivity index (χ0) is 31.3. The quantitative estimate of drug-likeness (QED) is 0.189. The van der Waals surface area contributed by atoms with E-state index in [0.29, 0.717) is 50.9 Å². The monoisotopic (exact) mass is 643 g/mol. The predicted octanol–water partition coefficient (Wildman–Crippen LogP) is 7.79. The van der Waals surface area contributed by atoms with Crippen LogP contribution in [0.15, 0.2) is 67.0 Å². The smallest absolute Gasteiger partial charge is 0.142 e. The van der Waals surface area contributed by atoms with Gasteiger partial charge in [-0.25, -0.2) is 0 Å². The Balaban J connectivity index is 1.20. The molecule has 0 amide bonds. The van der Waals surface area contributed by atoms with Crippen molar-refractivity contribution in [3.8, 4) is 34.4 Å². The fourth-order valence-electron chi connectivity index (χ4n) is 6.30. The van der Waals surface area contributed by atoms with Crippen molar-refractivity contribution in [3.05, 3.63) is 105 Å². The van der Waals surface area contributed by atoms with Crippen molar-refractivity contribution in [3.63, 3.8) is 0 Å². The zero-order valence-corrected chi connectivity index (χ0v) is 26.7. The molecule has 2 atom stereocenters. The lowest BCUT2D eigenvalue weighted by Gasteiger charge is -2.29. The van der Waals surface area contributed by atoms with E-state index < -0.39 is 0 Å². The second kappa shape index (κ2) is 14.1. The van der Waals surface area contributed by atoms with Crippen molar-refractivity contribution < 1.29 is 19.3 Å². The largest absolute Gasteiger partial charge is 0.492 e. The van der Waals surface area contributed by atoms with Gasteiger partial charge in [-0.15, -0.1) is 0 Å². The molecule has 0 radical (unpaired) electrons. The average molecular weight is 645 g/mol. The first-order valence-electron chi connectivity index (χ1n) is 15.2. The van der Waals surface area contributed by atoms with Crippen LogP contribution in [0.25, 0.3) is 11.1 Å². The molecule has 0 bridgehead atoms. The minimum atomic E-state index is -0.247. The van der Waals surface area contributed by atoms with Crippen molar-refractivity contribution in [2.75, 3.05) is 26.7 Å². The molecule has 6 rings (SSSR count). The Hall–Kier alpha value is -3.80. The highest BCUT2D eigenvalue weighted by Gasteiger charge is 2.29. The molecule has 0 saturated carbocycles. The van der Waals surface area contributed by atoms with Crippen LogP contribution in [0.2, 0.25) is 10.0 Å². The summed E-state index contributed by atoms with van der Waals surface area (Å²) in [7, 11) is 2.16. The highest BCUT2D eigenvalue weighted by molar-refractivity contribution is 6.35. The summed E-state index contributed by atoms with van der Waals surface area (Å²) < 4.78 is 18.8. The topological polar surface area (TPSA) is 87.8 Å². The molecule has 45 heavy (non-hydrogen) atoms. The minimum absolute atomic E-state index is 0.174. The number of nitriles is 1. The van der Waals surface area contributed by atoms with E-state index in [0.717, 1.165) is 48.2 Å². The summed E-state index contributed by atoms with van der Waals surface area (Å²) >= 11 is 13.6. The summed E-state index contributed by atoms with van der Waals surface area (Å²) in [6.07, 6.45) is 6.88. The maximum absolute atomic E-state index is 9.96. The van der Waals surface area contributed by atoms with Gasteiger partial charge in [-0.1, -0.05) is 53.5 Å². The molecule has 1 fully saturated rings. The van der Waals surface area contributed by atoms with Gasteiger partial charge in [0.2, 0.25) is 0 Å².